The van der Waals surface area contributed by atoms with Gasteiger partial charge in [-0.05, 0) is 25.1 Å². The second-order valence-electron chi connectivity index (χ2n) is 5.07. The maximum atomic E-state index is 11.6. The molecule has 0 unspecified atom stereocenters. The van der Waals surface area contributed by atoms with Crippen LogP contribution < -0.4 is 14.8 Å². The smallest absolute Gasteiger partial charge is 0.232 e. The summed E-state index contributed by atoms with van der Waals surface area (Å²) in [6.45, 7) is 2.75. The summed E-state index contributed by atoms with van der Waals surface area (Å²) < 4.78 is 31.1. The van der Waals surface area contributed by atoms with Crippen molar-refractivity contribution in [2.45, 2.75) is 13.5 Å². The van der Waals surface area contributed by atoms with E-state index in [1.54, 1.807) is 0 Å². The summed E-state index contributed by atoms with van der Waals surface area (Å²) in [6, 6.07) is 16.8. The van der Waals surface area contributed by atoms with Gasteiger partial charge in [-0.3, -0.25) is 4.72 Å². The van der Waals surface area contributed by atoms with Crippen molar-refractivity contribution >= 4 is 21.7 Å². The Hall–Kier alpha value is -2.54. The first-order chi connectivity index (χ1) is 11.5. The summed E-state index contributed by atoms with van der Waals surface area (Å²) >= 11 is 0. The van der Waals surface area contributed by atoms with Gasteiger partial charge in [-0.25, -0.2) is 13.4 Å². The lowest BCUT2D eigenvalue weighted by Gasteiger charge is -2.12. The zero-order chi connectivity index (χ0) is 17.4. The number of para-hydroxylation sites is 2. The predicted molar refractivity (Wildman–Crippen MR) is 96.8 cm³/mol. The minimum absolute atomic E-state index is 0.162. The molecule has 0 fully saturated rings. The van der Waals surface area contributed by atoms with Crippen LogP contribution in [0.5, 0.6) is 5.75 Å². The Balaban J connectivity index is 2.21. The van der Waals surface area contributed by atoms with E-state index in [1.165, 1.54) is 0 Å². The van der Waals surface area contributed by atoms with E-state index in [-0.39, 0.29) is 12.5 Å². The van der Waals surface area contributed by atoms with Gasteiger partial charge < -0.3 is 10.1 Å². The van der Waals surface area contributed by atoms with Crippen molar-refractivity contribution in [1.82, 2.24) is 4.72 Å². The summed E-state index contributed by atoms with van der Waals surface area (Å²) in [6.07, 6.45) is 1.09. The largest absolute Gasteiger partial charge is 0.494 e. The minimum Gasteiger partial charge on any atom is -0.494 e. The lowest BCUT2D eigenvalue weighted by Crippen LogP contribution is -2.35. The SMILES string of the molecule is CCOc1ccccc1CN=C(Nc1ccccc1)NS(C)(=O)=O. The Morgan fingerprint density at radius 3 is 2.42 bits per heavy atom. The Morgan fingerprint density at radius 1 is 1.08 bits per heavy atom. The van der Waals surface area contributed by atoms with Crippen LogP contribution in [-0.2, 0) is 16.6 Å². The van der Waals surface area contributed by atoms with Crippen molar-refractivity contribution < 1.29 is 13.2 Å². The second kappa shape index (κ2) is 8.35. The van der Waals surface area contributed by atoms with Crippen LogP contribution >= 0.6 is 0 Å². The van der Waals surface area contributed by atoms with Crippen molar-refractivity contribution in [3.05, 3.63) is 60.2 Å². The van der Waals surface area contributed by atoms with E-state index in [0.717, 1.165) is 23.3 Å². The van der Waals surface area contributed by atoms with Gasteiger partial charge in [0, 0.05) is 11.3 Å². The zero-order valence-corrected chi connectivity index (χ0v) is 14.5. The standard InChI is InChI=1S/C17H21N3O3S/c1-3-23-16-12-8-7-9-14(16)13-18-17(20-24(2,21)22)19-15-10-5-4-6-11-15/h4-12H,3,13H2,1-2H3,(H2,18,19,20). The zero-order valence-electron chi connectivity index (χ0n) is 13.7. The van der Waals surface area contributed by atoms with E-state index < -0.39 is 10.0 Å². The number of aliphatic imine (C=N–C) groups is 1. The van der Waals surface area contributed by atoms with Gasteiger partial charge in [0.1, 0.15) is 5.75 Å². The molecule has 0 heterocycles. The highest BCUT2D eigenvalue weighted by atomic mass is 32.2. The van der Waals surface area contributed by atoms with Crippen LogP contribution in [0.3, 0.4) is 0 Å². The molecule has 0 aliphatic heterocycles. The van der Waals surface area contributed by atoms with Gasteiger partial charge in [-0.15, -0.1) is 0 Å². The molecule has 0 spiro atoms. The Kier molecular flexibility index (Phi) is 6.20. The van der Waals surface area contributed by atoms with E-state index >= 15 is 0 Å². The molecule has 2 aromatic rings. The van der Waals surface area contributed by atoms with Crippen LogP contribution in [0.15, 0.2) is 59.6 Å². The minimum atomic E-state index is -3.44. The molecule has 0 aliphatic rings. The molecule has 2 aromatic carbocycles. The number of nitrogens with zero attached hydrogens (tertiary/aromatic N) is 1. The molecule has 0 radical (unpaired) electrons. The van der Waals surface area contributed by atoms with Gasteiger partial charge in [-0.1, -0.05) is 36.4 Å². The molecule has 0 atom stereocenters. The van der Waals surface area contributed by atoms with E-state index in [1.807, 2.05) is 61.5 Å². The first kappa shape index (κ1) is 17.8. The molecule has 0 saturated heterocycles. The van der Waals surface area contributed by atoms with Crippen LogP contribution in [0.25, 0.3) is 0 Å². The van der Waals surface area contributed by atoms with E-state index in [0.29, 0.717) is 6.61 Å². The number of guanidine groups is 1. The average molecular weight is 347 g/mol. The lowest BCUT2D eigenvalue weighted by molar-refractivity contribution is 0.336. The van der Waals surface area contributed by atoms with Crippen molar-refractivity contribution in [1.29, 1.82) is 0 Å². The molecule has 0 saturated carbocycles. The van der Waals surface area contributed by atoms with Gasteiger partial charge in [0.05, 0.1) is 19.4 Å². The maximum Gasteiger partial charge on any atom is 0.232 e. The van der Waals surface area contributed by atoms with Crippen molar-refractivity contribution in [3.8, 4) is 5.75 Å². The first-order valence-electron chi connectivity index (χ1n) is 7.53. The fraction of sp³-hybridized carbons (Fsp3) is 0.235. The summed E-state index contributed by atoms with van der Waals surface area (Å²) in [7, 11) is -3.44. The van der Waals surface area contributed by atoms with Crippen molar-refractivity contribution in [2.75, 3.05) is 18.2 Å². The second-order valence-corrected chi connectivity index (χ2v) is 6.82. The topological polar surface area (TPSA) is 79.8 Å². The highest BCUT2D eigenvalue weighted by Crippen LogP contribution is 2.18. The van der Waals surface area contributed by atoms with Crippen LogP contribution in [0.1, 0.15) is 12.5 Å². The highest BCUT2D eigenvalue weighted by Gasteiger charge is 2.08. The molecule has 6 nitrogen and oxygen atoms in total. The summed E-state index contributed by atoms with van der Waals surface area (Å²) in [5.74, 6) is 0.900. The molecular weight excluding hydrogens is 326 g/mol. The van der Waals surface area contributed by atoms with Crippen molar-refractivity contribution in [3.63, 3.8) is 0 Å². The average Bonchev–Trinajstić information content (AvgIpc) is 2.54. The van der Waals surface area contributed by atoms with Crippen LogP contribution in [0.4, 0.5) is 5.69 Å². The fourth-order valence-electron chi connectivity index (χ4n) is 2.03. The number of sulfonamides is 1. The molecule has 0 bridgehead atoms. The monoisotopic (exact) mass is 347 g/mol. The summed E-state index contributed by atoms with van der Waals surface area (Å²) in [5, 5.41) is 2.98. The summed E-state index contributed by atoms with van der Waals surface area (Å²) in [5.41, 5.74) is 1.62. The van der Waals surface area contributed by atoms with Crippen LogP contribution in [-0.4, -0.2) is 27.2 Å². The molecule has 128 valence electrons. The fourth-order valence-corrected chi connectivity index (χ4v) is 2.49. The molecule has 2 N–H and O–H groups in total. The quantitative estimate of drug-likeness (QED) is 0.622. The lowest BCUT2D eigenvalue weighted by atomic mass is 10.2. The number of anilines is 1. The van der Waals surface area contributed by atoms with Gasteiger partial charge in [0.15, 0.2) is 0 Å². The van der Waals surface area contributed by atoms with Crippen LogP contribution in [0, 0.1) is 0 Å². The summed E-state index contributed by atoms with van der Waals surface area (Å²) in [4.78, 5) is 4.35. The van der Waals surface area contributed by atoms with Crippen LogP contribution in [0.2, 0.25) is 0 Å². The van der Waals surface area contributed by atoms with Gasteiger partial charge in [0.25, 0.3) is 0 Å². The number of hydrogen-bond donors (Lipinski definition) is 2. The normalized spacial score (nSPS) is 11.8. The Morgan fingerprint density at radius 2 is 1.75 bits per heavy atom. The predicted octanol–water partition coefficient (Wildman–Crippen LogP) is 2.60. The molecule has 0 aromatic heterocycles. The van der Waals surface area contributed by atoms with Crippen molar-refractivity contribution in [2.24, 2.45) is 4.99 Å². The third-order valence-electron chi connectivity index (χ3n) is 3.00. The third kappa shape index (κ3) is 5.92. The number of benzene rings is 2. The highest BCUT2D eigenvalue weighted by molar-refractivity contribution is 7.89. The van der Waals surface area contributed by atoms with E-state index in [9.17, 15) is 8.42 Å². The molecule has 0 amide bonds. The molecule has 24 heavy (non-hydrogen) atoms. The Labute approximate surface area is 142 Å². The molecule has 2 rings (SSSR count). The third-order valence-corrected chi connectivity index (χ3v) is 3.56. The maximum absolute atomic E-state index is 11.6. The van der Waals surface area contributed by atoms with Gasteiger partial charge >= 0.3 is 0 Å². The Bertz CT molecular complexity index is 790. The molecule has 7 heteroatoms. The van der Waals surface area contributed by atoms with E-state index in [2.05, 4.69) is 15.0 Å². The van der Waals surface area contributed by atoms with Gasteiger partial charge in [0.2, 0.25) is 16.0 Å². The molecule has 0 aliphatic carbocycles. The number of ether oxygens (including phenoxy) is 1. The van der Waals surface area contributed by atoms with Gasteiger partial charge in [-0.2, -0.15) is 0 Å². The van der Waals surface area contributed by atoms with E-state index in [4.69, 9.17) is 4.74 Å². The molecular formula is C17H21N3O3S. The first-order valence-corrected chi connectivity index (χ1v) is 9.42. The number of hydrogen-bond acceptors (Lipinski definition) is 4. The number of nitrogens with one attached hydrogen (secondary N) is 2. The number of rotatable bonds is 6.